The molecule has 1 aromatic rings. The number of alkyl halides is 3. The minimum absolute atomic E-state index is 0.0236. The molecule has 1 saturated heterocycles. The molecule has 4 aliphatic carbocycles. The number of ketones is 1. The minimum Gasteiger partial charge on any atom is -0.365 e. The number of nitrogens with two attached hydrogens (primary N) is 1. The van der Waals surface area contributed by atoms with Crippen molar-refractivity contribution in [1.29, 1.82) is 0 Å². The summed E-state index contributed by atoms with van der Waals surface area (Å²) in [5.74, 6) is -5.90. The average Bonchev–Trinajstić information content (AvgIpc) is 3.50. The number of halogens is 3. The maximum absolute atomic E-state index is 13.3. The first-order valence-corrected chi connectivity index (χ1v) is 12.6. The lowest BCUT2D eigenvalue weighted by Crippen LogP contribution is -2.71. The molecule has 10 nitrogen and oxygen atoms in total. The van der Waals surface area contributed by atoms with E-state index >= 15 is 0 Å². The van der Waals surface area contributed by atoms with Crippen molar-refractivity contribution >= 4 is 35.2 Å². The molecule has 2 heterocycles. The summed E-state index contributed by atoms with van der Waals surface area (Å²) >= 11 is 0. The molecule has 0 spiro atoms. The van der Waals surface area contributed by atoms with Gasteiger partial charge in [0.15, 0.2) is 0 Å². The smallest absolute Gasteiger partial charge is 0.365 e. The molecule has 2 bridgehead atoms. The number of primary amides is 1. The van der Waals surface area contributed by atoms with Crippen molar-refractivity contribution in [2.45, 2.75) is 76.0 Å². The highest BCUT2D eigenvalue weighted by molar-refractivity contribution is 6.38. The van der Waals surface area contributed by atoms with E-state index in [4.69, 9.17) is 5.73 Å². The van der Waals surface area contributed by atoms with Gasteiger partial charge in [0, 0.05) is 24.2 Å². The minimum atomic E-state index is -4.40. The van der Waals surface area contributed by atoms with Gasteiger partial charge in [0.25, 0.3) is 11.8 Å². The third-order valence-electron chi connectivity index (χ3n) is 8.32. The molecule has 1 aliphatic heterocycles. The Morgan fingerprint density at radius 3 is 2.39 bits per heavy atom. The van der Waals surface area contributed by atoms with E-state index in [2.05, 4.69) is 20.9 Å². The van der Waals surface area contributed by atoms with Crippen LogP contribution in [0.3, 0.4) is 0 Å². The van der Waals surface area contributed by atoms with Gasteiger partial charge in [0.05, 0.1) is 22.3 Å². The number of amides is 4. The lowest BCUT2D eigenvalue weighted by Gasteiger charge is -2.68. The van der Waals surface area contributed by atoms with E-state index in [-0.39, 0.29) is 60.6 Å². The first-order valence-electron chi connectivity index (χ1n) is 12.6. The maximum atomic E-state index is 13.3. The molecule has 0 aromatic carbocycles. The predicted octanol–water partition coefficient (Wildman–Crippen LogP) is 1.70. The summed E-state index contributed by atoms with van der Waals surface area (Å²) in [7, 11) is 0. The number of Topliss-reactive ketones (excluding diaryl/α,β-unsaturated/α-hetero) is 1. The molecule has 5 N–H and O–H groups in total. The topological polar surface area (TPSA) is 160 Å². The molecule has 5 fully saturated rings. The summed E-state index contributed by atoms with van der Waals surface area (Å²) < 4.78 is 39.7. The van der Waals surface area contributed by atoms with Gasteiger partial charge in [-0.3, -0.25) is 24.0 Å². The van der Waals surface area contributed by atoms with E-state index < -0.39 is 52.3 Å². The van der Waals surface area contributed by atoms with Crippen molar-refractivity contribution < 1.29 is 37.1 Å². The number of anilines is 1. The quantitative estimate of drug-likeness (QED) is 0.352. The van der Waals surface area contributed by atoms with Gasteiger partial charge in [-0.15, -0.1) is 0 Å². The first kappa shape index (κ1) is 26.1. The van der Waals surface area contributed by atoms with Crippen LogP contribution in [0.15, 0.2) is 12.3 Å². The van der Waals surface area contributed by atoms with Gasteiger partial charge >= 0.3 is 6.18 Å². The first-order chi connectivity index (χ1) is 17.8. The van der Waals surface area contributed by atoms with Gasteiger partial charge in [-0.1, -0.05) is 0 Å². The highest BCUT2D eigenvalue weighted by atomic mass is 19.4. The Balaban J connectivity index is 1.43. The molecule has 13 heteroatoms. The predicted molar refractivity (Wildman–Crippen MR) is 125 cm³/mol. The van der Waals surface area contributed by atoms with Crippen LogP contribution in [0, 0.1) is 16.7 Å². The van der Waals surface area contributed by atoms with E-state index in [9.17, 15) is 37.1 Å². The van der Waals surface area contributed by atoms with Gasteiger partial charge in [-0.25, -0.2) is 4.98 Å². The molecule has 38 heavy (non-hydrogen) atoms. The summed E-state index contributed by atoms with van der Waals surface area (Å²) in [6.45, 7) is 1.80. The van der Waals surface area contributed by atoms with Crippen molar-refractivity contribution in [1.82, 2.24) is 15.6 Å². The van der Waals surface area contributed by atoms with Crippen molar-refractivity contribution in [3.63, 3.8) is 0 Å². The Kier molecular flexibility index (Phi) is 6.03. The third kappa shape index (κ3) is 4.31. The fraction of sp³-hybridized carbons (Fsp3) is 0.600. The van der Waals surface area contributed by atoms with Crippen molar-refractivity contribution in [3.05, 3.63) is 23.4 Å². The summed E-state index contributed by atoms with van der Waals surface area (Å²) in [6, 6.07) is 1.08. The summed E-state index contributed by atoms with van der Waals surface area (Å²) in [5.41, 5.74) is 2.27. The Morgan fingerprint density at radius 1 is 1.21 bits per heavy atom. The van der Waals surface area contributed by atoms with Gasteiger partial charge in [0.2, 0.25) is 17.6 Å². The number of aromatic nitrogens is 1. The van der Waals surface area contributed by atoms with Crippen LogP contribution in [-0.4, -0.2) is 52.7 Å². The Morgan fingerprint density at radius 2 is 1.87 bits per heavy atom. The van der Waals surface area contributed by atoms with Gasteiger partial charge in [0.1, 0.15) is 5.82 Å². The zero-order valence-electron chi connectivity index (χ0n) is 20.6. The highest BCUT2D eigenvalue weighted by Gasteiger charge is 2.81. The number of nitrogens with one attached hydrogen (secondary N) is 3. The number of nitrogens with zero attached hydrogens (tertiary/aromatic N) is 1. The van der Waals surface area contributed by atoms with Crippen molar-refractivity contribution in [3.8, 4) is 0 Å². The van der Waals surface area contributed by atoms with Crippen LogP contribution in [-0.2, 0) is 19.2 Å². The second-order valence-corrected chi connectivity index (χ2v) is 11.3. The Bertz CT molecular complexity index is 1220. The molecule has 4 saturated carbocycles. The number of hydrogen-bond donors (Lipinski definition) is 4. The zero-order valence-corrected chi connectivity index (χ0v) is 20.6. The van der Waals surface area contributed by atoms with Crippen molar-refractivity contribution in [2.24, 2.45) is 22.5 Å². The SMILES string of the molecule is C[C@@H]1C[C@H](C[C@H](C(=O)C(=O)NC2CC2)c2ccnc(NC(=O)C34CC(C(F)(F)F)(C3)C4)c2C(N)=O)C(=O)N1. The number of carbonyl (C=O) groups is 5. The van der Waals surface area contributed by atoms with Crippen LogP contribution in [0.25, 0.3) is 0 Å². The lowest BCUT2D eigenvalue weighted by atomic mass is 9.34. The number of pyridine rings is 1. The lowest BCUT2D eigenvalue weighted by molar-refractivity contribution is -0.349. The molecular formula is C25H28F3N5O5. The van der Waals surface area contributed by atoms with E-state index in [1.807, 2.05) is 0 Å². The molecule has 4 amide bonds. The largest absolute Gasteiger partial charge is 0.394 e. The molecule has 204 valence electrons. The van der Waals surface area contributed by atoms with Crippen LogP contribution in [0.4, 0.5) is 19.0 Å². The van der Waals surface area contributed by atoms with E-state index in [1.54, 1.807) is 6.92 Å². The van der Waals surface area contributed by atoms with Gasteiger partial charge in [-0.05, 0) is 63.5 Å². The standard InChI is InChI=1S/C25H28F3N5O5/c1-11-6-12(20(36)31-11)7-15(17(34)21(37)32-13-2-3-13)14-4-5-30-19(16(14)18(29)35)33-22(38)23-8-24(9-23,10-23)25(26,27)28/h4-5,11-13,15H,2-3,6-10H2,1H3,(H2,29,35)(H,31,36)(H,32,37)(H,30,33,38)/t11-,12-,15+,23?,24?/m1/s1. The fourth-order valence-corrected chi connectivity index (χ4v) is 6.15. The summed E-state index contributed by atoms with van der Waals surface area (Å²) in [6.07, 6.45) is -2.42. The molecule has 3 atom stereocenters. The van der Waals surface area contributed by atoms with E-state index in [0.29, 0.717) is 6.42 Å². The monoisotopic (exact) mass is 535 g/mol. The van der Waals surface area contributed by atoms with Crippen LogP contribution in [0.1, 0.15) is 73.7 Å². The normalized spacial score (nSPS) is 30.4. The average molecular weight is 536 g/mol. The molecule has 0 radical (unpaired) electrons. The second-order valence-electron chi connectivity index (χ2n) is 11.3. The molecule has 1 aromatic heterocycles. The fourth-order valence-electron chi connectivity index (χ4n) is 6.15. The molecule has 0 unspecified atom stereocenters. The highest BCUT2D eigenvalue weighted by Crippen LogP contribution is 2.78. The number of rotatable bonds is 9. The summed E-state index contributed by atoms with van der Waals surface area (Å²) in [4.78, 5) is 68.0. The summed E-state index contributed by atoms with van der Waals surface area (Å²) in [5, 5.41) is 7.83. The van der Waals surface area contributed by atoms with Crippen LogP contribution >= 0.6 is 0 Å². The third-order valence-corrected chi connectivity index (χ3v) is 8.32. The van der Waals surface area contributed by atoms with Crippen LogP contribution in [0.2, 0.25) is 0 Å². The molecule has 6 rings (SSSR count). The second kappa shape index (κ2) is 8.77. The van der Waals surface area contributed by atoms with E-state index in [0.717, 1.165) is 12.8 Å². The van der Waals surface area contributed by atoms with Crippen LogP contribution < -0.4 is 21.7 Å². The number of carbonyl (C=O) groups excluding carboxylic acids is 5. The van der Waals surface area contributed by atoms with Crippen molar-refractivity contribution in [2.75, 3.05) is 5.32 Å². The van der Waals surface area contributed by atoms with E-state index in [1.165, 1.54) is 12.3 Å². The van der Waals surface area contributed by atoms with Gasteiger partial charge < -0.3 is 21.7 Å². The van der Waals surface area contributed by atoms with Gasteiger partial charge in [-0.2, -0.15) is 13.2 Å². The molecular weight excluding hydrogens is 507 g/mol. The Labute approximate surface area is 215 Å². The maximum Gasteiger partial charge on any atom is 0.394 e. The molecule has 5 aliphatic rings. The van der Waals surface area contributed by atoms with Crippen LogP contribution in [0.5, 0.6) is 0 Å². The Hall–Kier alpha value is -3.51. The zero-order chi connectivity index (χ0) is 27.6. The number of hydrogen-bond acceptors (Lipinski definition) is 6.